The molecule has 1 aliphatic heterocycles. The lowest BCUT2D eigenvalue weighted by Gasteiger charge is -2.33. The molecule has 1 aromatic rings. The molecule has 2 rings (SSSR count). The summed E-state index contributed by atoms with van der Waals surface area (Å²) in [6.07, 6.45) is 1.33. The lowest BCUT2D eigenvalue weighted by atomic mass is 10.1. The maximum atomic E-state index is 14.0. The lowest BCUT2D eigenvalue weighted by Crippen LogP contribution is -2.38. The van der Waals surface area contributed by atoms with E-state index in [4.69, 9.17) is 14.2 Å². The normalized spacial score (nSPS) is 20.6. The molecule has 1 fully saturated rings. The van der Waals surface area contributed by atoms with Gasteiger partial charge >= 0.3 is 5.97 Å². The van der Waals surface area contributed by atoms with Crippen LogP contribution >= 0.6 is 15.9 Å². The van der Waals surface area contributed by atoms with Crippen LogP contribution in [0.2, 0.25) is 0 Å². The molecule has 0 aliphatic carbocycles. The molecule has 1 saturated heterocycles. The summed E-state index contributed by atoms with van der Waals surface area (Å²) in [6.45, 7) is 3.92. The van der Waals surface area contributed by atoms with Gasteiger partial charge < -0.3 is 14.2 Å². The van der Waals surface area contributed by atoms with Crippen LogP contribution < -0.4 is 0 Å². The number of esters is 1. The predicted molar refractivity (Wildman–Crippen MR) is 91.7 cm³/mol. The third-order valence-electron chi connectivity index (χ3n) is 3.49. The number of hydrogen-bond acceptors (Lipinski definition) is 5. The number of rotatable bonds is 8. The van der Waals surface area contributed by atoms with Gasteiger partial charge in [0.2, 0.25) is 0 Å². The maximum Gasteiger partial charge on any atom is 0.306 e. The van der Waals surface area contributed by atoms with E-state index in [-0.39, 0.29) is 30.7 Å². The minimum atomic E-state index is -0.414. The van der Waals surface area contributed by atoms with Crippen molar-refractivity contribution in [1.29, 1.82) is 0 Å². The fourth-order valence-corrected chi connectivity index (χ4v) is 2.76. The van der Waals surface area contributed by atoms with E-state index in [1.54, 1.807) is 19.1 Å². The maximum absolute atomic E-state index is 14.0. The second-order valence-electron chi connectivity index (χ2n) is 5.36. The van der Waals surface area contributed by atoms with Crippen molar-refractivity contribution in [2.45, 2.75) is 52.1 Å². The van der Waals surface area contributed by atoms with Crippen LogP contribution in [0.3, 0.4) is 0 Å². The average molecular weight is 402 g/mol. The Morgan fingerprint density at radius 3 is 2.71 bits per heavy atom. The van der Waals surface area contributed by atoms with E-state index >= 15 is 0 Å². The van der Waals surface area contributed by atoms with Gasteiger partial charge in [-0.2, -0.15) is 0 Å². The van der Waals surface area contributed by atoms with Crippen LogP contribution in [-0.4, -0.2) is 30.9 Å². The summed E-state index contributed by atoms with van der Waals surface area (Å²) in [4.78, 5) is 16.0. The van der Waals surface area contributed by atoms with Crippen molar-refractivity contribution < 1.29 is 23.4 Å². The number of carbonyl (C=O) groups is 1. The molecule has 0 atom stereocenters. The number of halogens is 2. The fourth-order valence-electron chi connectivity index (χ4n) is 2.33. The largest absolute Gasteiger partial charge is 0.466 e. The molecule has 0 radical (unpaired) electrons. The van der Waals surface area contributed by atoms with E-state index in [1.165, 1.54) is 6.07 Å². The monoisotopic (exact) mass is 401 g/mol. The summed E-state index contributed by atoms with van der Waals surface area (Å²) >= 11 is 3.31. The third kappa shape index (κ3) is 5.65. The highest BCUT2D eigenvalue weighted by molar-refractivity contribution is 9.10. The first kappa shape index (κ1) is 19.0. The standard InChI is InChI=1S/C17H21BrFNO4/c1-3-22-15(21)9-7-12(8-10-16-23-11(2)24-16)20-17-13(18)5-4-6-14(17)19/h4-6,11,16H,3,7-10H2,1-2H3. The Kier molecular flexibility index (Phi) is 7.33. The first-order chi connectivity index (χ1) is 11.5. The van der Waals surface area contributed by atoms with Crippen molar-refractivity contribution in [3.63, 3.8) is 0 Å². The van der Waals surface area contributed by atoms with Crippen LogP contribution in [0.1, 0.15) is 39.5 Å². The predicted octanol–water partition coefficient (Wildman–Crippen LogP) is 4.50. The van der Waals surface area contributed by atoms with Crippen molar-refractivity contribution in [1.82, 2.24) is 0 Å². The third-order valence-corrected chi connectivity index (χ3v) is 4.13. The fraction of sp³-hybridized carbons (Fsp3) is 0.529. The van der Waals surface area contributed by atoms with Gasteiger partial charge in [-0.15, -0.1) is 0 Å². The Hall–Kier alpha value is -1.31. The second kappa shape index (κ2) is 9.25. The Morgan fingerprint density at radius 1 is 1.33 bits per heavy atom. The van der Waals surface area contributed by atoms with Crippen molar-refractivity contribution in [2.24, 2.45) is 4.99 Å². The summed E-state index contributed by atoms with van der Waals surface area (Å²) in [5.41, 5.74) is 0.945. The first-order valence-electron chi connectivity index (χ1n) is 7.96. The number of hydrogen-bond donors (Lipinski definition) is 0. The minimum Gasteiger partial charge on any atom is -0.466 e. The lowest BCUT2D eigenvalue weighted by molar-refractivity contribution is -0.376. The van der Waals surface area contributed by atoms with Gasteiger partial charge in [0, 0.05) is 16.6 Å². The van der Waals surface area contributed by atoms with Crippen molar-refractivity contribution in [2.75, 3.05) is 6.61 Å². The van der Waals surface area contributed by atoms with E-state index in [0.29, 0.717) is 36.1 Å². The molecule has 24 heavy (non-hydrogen) atoms. The summed E-state index contributed by atoms with van der Waals surface area (Å²) < 4.78 is 30.3. The van der Waals surface area contributed by atoms with Gasteiger partial charge in [0.05, 0.1) is 13.0 Å². The zero-order valence-electron chi connectivity index (χ0n) is 13.8. The highest BCUT2D eigenvalue weighted by Crippen LogP contribution is 2.29. The molecule has 132 valence electrons. The van der Waals surface area contributed by atoms with E-state index in [2.05, 4.69) is 20.9 Å². The van der Waals surface area contributed by atoms with Gasteiger partial charge in [0.15, 0.2) is 12.6 Å². The number of carbonyl (C=O) groups excluding carboxylic acids is 1. The van der Waals surface area contributed by atoms with E-state index in [1.807, 2.05) is 6.92 Å². The number of benzene rings is 1. The van der Waals surface area contributed by atoms with Crippen LogP contribution in [0.4, 0.5) is 10.1 Å². The number of ether oxygens (including phenoxy) is 3. The van der Waals surface area contributed by atoms with Gasteiger partial charge in [-0.1, -0.05) is 6.07 Å². The molecule has 0 spiro atoms. The smallest absolute Gasteiger partial charge is 0.306 e. The quantitative estimate of drug-likeness (QED) is 0.475. The Morgan fingerprint density at radius 2 is 2.08 bits per heavy atom. The van der Waals surface area contributed by atoms with E-state index in [9.17, 15) is 9.18 Å². The van der Waals surface area contributed by atoms with Crippen LogP contribution in [0, 0.1) is 5.82 Å². The SMILES string of the molecule is CCOC(=O)CCC(CCC1OC(C)O1)=Nc1c(F)cccc1Br. The molecule has 0 N–H and O–H groups in total. The van der Waals surface area contributed by atoms with Crippen molar-refractivity contribution >= 4 is 33.3 Å². The molecule has 0 amide bonds. The summed E-state index contributed by atoms with van der Waals surface area (Å²) in [5.74, 6) is -0.703. The first-order valence-corrected chi connectivity index (χ1v) is 8.76. The topological polar surface area (TPSA) is 57.1 Å². The van der Waals surface area contributed by atoms with Crippen LogP contribution in [0.5, 0.6) is 0 Å². The van der Waals surface area contributed by atoms with Gasteiger partial charge in [-0.3, -0.25) is 9.79 Å². The van der Waals surface area contributed by atoms with Gasteiger partial charge in [0.25, 0.3) is 0 Å². The molecule has 0 aromatic heterocycles. The molecule has 1 aliphatic rings. The molecule has 0 bridgehead atoms. The second-order valence-corrected chi connectivity index (χ2v) is 6.22. The number of para-hydroxylation sites is 1. The molecule has 1 aromatic carbocycles. The molecule has 1 heterocycles. The Bertz CT molecular complexity index is 582. The minimum absolute atomic E-state index is 0.185. The molecular formula is C17H21BrFNO4. The zero-order chi connectivity index (χ0) is 17.5. The van der Waals surface area contributed by atoms with Gasteiger partial charge in [-0.05, 0) is 54.8 Å². The summed E-state index contributed by atoms with van der Waals surface area (Å²) in [7, 11) is 0. The zero-order valence-corrected chi connectivity index (χ0v) is 15.3. The van der Waals surface area contributed by atoms with Crippen LogP contribution in [0.15, 0.2) is 27.7 Å². The van der Waals surface area contributed by atoms with E-state index in [0.717, 1.165) is 0 Å². The van der Waals surface area contributed by atoms with Crippen LogP contribution in [0.25, 0.3) is 0 Å². The van der Waals surface area contributed by atoms with E-state index < -0.39 is 5.82 Å². The Labute approximate surface area is 149 Å². The van der Waals surface area contributed by atoms with Crippen molar-refractivity contribution in [3.05, 3.63) is 28.5 Å². The molecule has 0 saturated carbocycles. The number of nitrogens with zero attached hydrogens (tertiary/aromatic N) is 1. The molecule has 7 heteroatoms. The summed E-state index contributed by atoms with van der Waals surface area (Å²) in [6, 6.07) is 4.69. The highest BCUT2D eigenvalue weighted by Gasteiger charge is 2.26. The molecule has 0 unspecified atom stereocenters. The van der Waals surface area contributed by atoms with Gasteiger partial charge in [0.1, 0.15) is 11.5 Å². The molecule has 5 nitrogen and oxygen atoms in total. The van der Waals surface area contributed by atoms with Crippen molar-refractivity contribution in [3.8, 4) is 0 Å². The summed E-state index contributed by atoms with van der Waals surface area (Å²) in [5, 5.41) is 0. The van der Waals surface area contributed by atoms with Gasteiger partial charge in [-0.25, -0.2) is 4.39 Å². The Balaban J connectivity index is 2.05. The number of aliphatic imine (C=N–C) groups is 1. The van der Waals surface area contributed by atoms with Crippen LogP contribution in [-0.2, 0) is 19.0 Å². The highest BCUT2D eigenvalue weighted by atomic mass is 79.9. The molecular weight excluding hydrogens is 381 g/mol. The average Bonchev–Trinajstić information content (AvgIpc) is 2.51.